The first-order valence-electron chi connectivity index (χ1n) is 16.2. The third kappa shape index (κ3) is 5.02. The lowest BCUT2D eigenvalue weighted by Crippen LogP contribution is -2.56. The summed E-state index contributed by atoms with van der Waals surface area (Å²) in [4.78, 5) is 14.7. The number of rotatable bonds is 5. The Morgan fingerprint density at radius 2 is 1.89 bits per heavy atom. The summed E-state index contributed by atoms with van der Waals surface area (Å²) in [6.07, 6.45) is 2.09. The Kier molecular flexibility index (Phi) is 7.31. The van der Waals surface area contributed by atoms with E-state index >= 15 is 4.39 Å². The van der Waals surface area contributed by atoms with Crippen molar-refractivity contribution in [1.29, 1.82) is 0 Å². The van der Waals surface area contributed by atoms with E-state index in [1.165, 1.54) is 6.92 Å². The average Bonchev–Trinajstić information content (AvgIpc) is 3.47. The van der Waals surface area contributed by atoms with E-state index in [0.29, 0.717) is 31.2 Å². The zero-order valence-corrected chi connectivity index (χ0v) is 25.9. The first kappa shape index (κ1) is 30.0. The van der Waals surface area contributed by atoms with Gasteiger partial charge in [0, 0.05) is 37.2 Å². The molecule has 3 unspecified atom stereocenters. The topological polar surface area (TPSA) is 76.7 Å². The van der Waals surface area contributed by atoms with E-state index in [1.807, 2.05) is 6.92 Å². The second kappa shape index (κ2) is 10.7. The van der Waals surface area contributed by atoms with Crippen LogP contribution in [0, 0.1) is 24.6 Å². The van der Waals surface area contributed by atoms with Crippen LogP contribution in [-0.4, -0.2) is 65.4 Å². The van der Waals surface area contributed by atoms with Crippen molar-refractivity contribution in [3.05, 3.63) is 39.8 Å². The van der Waals surface area contributed by atoms with E-state index in [0.717, 1.165) is 82.2 Å². The van der Waals surface area contributed by atoms with Gasteiger partial charge in [-0.2, -0.15) is 23.1 Å². The predicted octanol–water partition coefficient (Wildman–Crippen LogP) is 6.06. The van der Waals surface area contributed by atoms with Gasteiger partial charge in [-0.05, 0) is 87.8 Å². The largest absolute Gasteiger partial charge is 0.461 e. The molecule has 5 heterocycles. The van der Waals surface area contributed by atoms with Gasteiger partial charge in [-0.1, -0.05) is 13.8 Å². The van der Waals surface area contributed by atoms with Crippen LogP contribution in [0.1, 0.15) is 86.2 Å². The van der Waals surface area contributed by atoms with Crippen LogP contribution in [0.2, 0.25) is 0 Å². The second-order valence-electron chi connectivity index (χ2n) is 14.3. The first-order valence-corrected chi connectivity index (χ1v) is 16.2. The van der Waals surface area contributed by atoms with Gasteiger partial charge in [0.1, 0.15) is 18.2 Å². The number of ether oxygens (including phenoxy) is 2. The summed E-state index contributed by atoms with van der Waals surface area (Å²) in [5.74, 6) is -0.652. The Labute approximate surface area is 256 Å². The molecule has 1 aliphatic carbocycles. The molecule has 44 heavy (non-hydrogen) atoms. The Morgan fingerprint density at radius 1 is 1.11 bits per heavy atom. The fourth-order valence-electron chi connectivity index (χ4n) is 9.04. The maximum Gasteiger partial charge on any atom is 0.417 e. The SMILES string of the molecule is Cc1cc(N)c(F)c(C2Cc3nc(OC[C@@]45CCCN4C[C@H](C)C5)nc(N4CCCC5(CCO5)C4)c3CC2C)c1C(F)(F)F. The Bertz CT molecular complexity index is 1450. The summed E-state index contributed by atoms with van der Waals surface area (Å²) in [5, 5.41) is 0. The van der Waals surface area contributed by atoms with Crippen LogP contribution < -0.4 is 15.4 Å². The highest BCUT2D eigenvalue weighted by molar-refractivity contribution is 5.57. The van der Waals surface area contributed by atoms with Crippen LogP contribution in [0.5, 0.6) is 6.01 Å². The standard InChI is InChI=1S/C33H43F4N5O2/c1-19-15-31(6-4-10-42(31)16-19)18-43-30-39-25-14-22(26-27(33(35,36)37)21(3)13-24(38)28(26)34)20(2)12-23(25)29(40-30)41-9-5-7-32(17-41)8-11-44-32/h13,19-20,22H,4-12,14-18,38H2,1-3H3/t19-,20?,22?,31+,32?/m1/s1. The maximum absolute atomic E-state index is 15.6. The summed E-state index contributed by atoms with van der Waals surface area (Å²) in [6, 6.07) is 1.34. The van der Waals surface area contributed by atoms with Crippen molar-refractivity contribution in [2.45, 2.75) is 95.4 Å². The minimum atomic E-state index is -4.71. The summed E-state index contributed by atoms with van der Waals surface area (Å²) in [5.41, 5.74) is 5.65. The first-order chi connectivity index (χ1) is 20.9. The van der Waals surface area contributed by atoms with Gasteiger partial charge >= 0.3 is 12.2 Å². The van der Waals surface area contributed by atoms with Crippen molar-refractivity contribution >= 4 is 11.5 Å². The summed E-state index contributed by atoms with van der Waals surface area (Å²) in [6.45, 7) is 10.4. The number of fused-ring (bicyclic) bond motifs is 2. The van der Waals surface area contributed by atoms with Crippen LogP contribution in [0.3, 0.4) is 0 Å². The number of benzene rings is 1. The fourth-order valence-corrected chi connectivity index (χ4v) is 9.04. The molecule has 240 valence electrons. The molecule has 0 radical (unpaired) electrons. The van der Waals surface area contributed by atoms with Crippen molar-refractivity contribution in [2.24, 2.45) is 11.8 Å². The zero-order chi connectivity index (χ0) is 31.0. The van der Waals surface area contributed by atoms with Gasteiger partial charge in [0.2, 0.25) is 0 Å². The highest BCUT2D eigenvalue weighted by Crippen LogP contribution is 2.48. The predicted molar refractivity (Wildman–Crippen MR) is 159 cm³/mol. The number of aryl methyl sites for hydroxylation is 1. The molecule has 2 aromatic rings. The van der Waals surface area contributed by atoms with E-state index in [-0.39, 0.29) is 46.3 Å². The van der Waals surface area contributed by atoms with Gasteiger partial charge in [0.15, 0.2) is 0 Å². The van der Waals surface area contributed by atoms with E-state index in [2.05, 4.69) is 16.7 Å². The minimum absolute atomic E-state index is 0.0331. The van der Waals surface area contributed by atoms with E-state index < -0.39 is 23.5 Å². The summed E-state index contributed by atoms with van der Waals surface area (Å²) in [7, 11) is 0. The number of nitrogens with zero attached hydrogens (tertiary/aromatic N) is 4. The molecule has 0 saturated carbocycles. The molecule has 0 bridgehead atoms. The molecule has 0 amide bonds. The third-order valence-corrected chi connectivity index (χ3v) is 11.1. The lowest BCUT2D eigenvalue weighted by atomic mass is 9.73. The number of nitrogens with two attached hydrogens (primary N) is 1. The van der Waals surface area contributed by atoms with Crippen molar-refractivity contribution in [1.82, 2.24) is 14.9 Å². The number of hydrogen-bond donors (Lipinski definition) is 1. The number of nitrogen functional groups attached to an aromatic ring is 1. The Balaban J connectivity index is 1.28. The molecule has 4 saturated heterocycles. The normalized spacial score (nSPS) is 32.1. The lowest BCUT2D eigenvalue weighted by Gasteiger charge is -2.49. The average molecular weight is 618 g/mol. The van der Waals surface area contributed by atoms with Gasteiger partial charge < -0.3 is 20.1 Å². The molecule has 4 fully saturated rings. The molecule has 5 atom stereocenters. The molecular weight excluding hydrogens is 574 g/mol. The number of anilines is 2. The molecule has 5 aliphatic rings. The van der Waals surface area contributed by atoms with Gasteiger partial charge in [-0.3, -0.25) is 4.90 Å². The van der Waals surface area contributed by atoms with Crippen molar-refractivity contribution in [2.75, 3.05) is 50.0 Å². The molecule has 4 aliphatic heterocycles. The minimum Gasteiger partial charge on any atom is -0.461 e. The molecule has 7 nitrogen and oxygen atoms in total. The molecule has 7 rings (SSSR count). The zero-order valence-electron chi connectivity index (χ0n) is 25.9. The van der Waals surface area contributed by atoms with Crippen LogP contribution in [-0.2, 0) is 23.8 Å². The molecule has 2 N–H and O–H groups in total. The van der Waals surface area contributed by atoms with Crippen molar-refractivity contribution in [3.8, 4) is 6.01 Å². The smallest absolute Gasteiger partial charge is 0.417 e. The highest BCUT2D eigenvalue weighted by atomic mass is 19.4. The monoisotopic (exact) mass is 617 g/mol. The van der Waals surface area contributed by atoms with Crippen molar-refractivity contribution in [3.63, 3.8) is 0 Å². The van der Waals surface area contributed by atoms with Gasteiger partial charge in [-0.15, -0.1) is 0 Å². The third-order valence-electron chi connectivity index (χ3n) is 11.1. The Hall–Kier alpha value is -2.66. The molecule has 1 aromatic carbocycles. The van der Waals surface area contributed by atoms with Crippen LogP contribution in [0.25, 0.3) is 0 Å². The Morgan fingerprint density at radius 3 is 2.61 bits per heavy atom. The van der Waals surface area contributed by atoms with Gasteiger partial charge in [0.25, 0.3) is 0 Å². The van der Waals surface area contributed by atoms with Crippen molar-refractivity contribution < 1.29 is 27.0 Å². The number of aromatic nitrogens is 2. The highest BCUT2D eigenvalue weighted by Gasteiger charge is 2.49. The number of alkyl halides is 3. The fraction of sp³-hybridized carbons (Fsp3) is 0.697. The molecule has 1 aromatic heterocycles. The van der Waals surface area contributed by atoms with Crippen LogP contribution in [0.4, 0.5) is 29.1 Å². The number of piperidine rings is 1. The number of hydrogen-bond acceptors (Lipinski definition) is 7. The lowest BCUT2D eigenvalue weighted by molar-refractivity contribution is -0.151. The molecule has 1 spiro atoms. The maximum atomic E-state index is 15.6. The quantitative estimate of drug-likeness (QED) is 0.323. The summed E-state index contributed by atoms with van der Waals surface area (Å²) >= 11 is 0. The summed E-state index contributed by atoms with van der Waals surface area (Å²) < 4.78 is 71.3. The number of halogens is 4. The second-order valence-corrected chi connectivity index (χ2v) is 14.3. The van der Waals surface area contributed by atoms with Crippen LogP contribution in [0.15, 0.2) is 6.07 Å². The van der Waals surface area contributed by atoms with Crippen LogP contribution >= 0.6 is 0 Å². The molecule has 11 heteroatoms. The van der Waals surface area contributed by atoms with E-state index in [4.69, 9.17) is 25.2 Å². The van der Waals surface area contributed by atoms with Gasteiger partial charge in [-0.25, -0.2) is 4.39 Å². The van der Waals surface area contributed by atoms with E-state index in [9.17, 15) is 13.2 Å². The van der Waals surface area contributed by atoms with Gasteiger partial charge in [0.05, 0.1) is 34.7 Å². The van der Waals surface area contributed by atoms with E-state index in [1.54, 1.807) is 0 Å². The molecular formula is C33H43F4N5O2.